The number of anilines is 2. The summed E-state index contributed by atoms with van der Waals surface area (Å²) >= 11 is 0. The van der Waals surface area contributed by atoms with E-state index < -0.39 is 0 Å². The van der Waals surface area contributed by atoms with Crippen molar-refractivity contribution in [1.82, 2.24) is 5.16 Å². The Morgan fingerprint density at radius 3 is 2.62 bits per heavy atom. The van der Waals surface area contributed by atoms with Crippen LogP contribution in [0.1, 0.15) is 16.1 Å². The number of nitrogens with one attached hydrogen (secondary N) is 1. The Morgan fingerprint density at radius 1 is 1.38 bits per heavy atom. The molecule has 0 atom stereocenters. The van der Waals surface area contributed by atoms with Gasteiger partial charge in [0.1, 0.15) is 11.4 Å². The normalized spacial score (nSPS) is 10.1. The zero-order valence-electron chi connectivity index (χ0n) is 8.73. The average Bonchev–Trinajstić information content (AvgIpc) is 2.62. The van der Waals surface area contributed by atoms with E-state index >= 15 is 0 Å². The topological polar surface area (TPSA) is 81.2 Å². The van der Waals surface area contributed by atoms with Gasteiger partial charge in [-0.15, -0.1) is 0 Å². The molecule has 1 aromatic carbocycles. The molecule has 2 rings (SSSR count). The number of hydrogen-bond acceptors (Lipinski definition) is 4. The van der Waals surface area contributed by atoms with Gasteiger partial charge >= 0.3 is 0 Å². The van der Waals surface area contributed by atoms with Crippen LogP contribution in [0.15, 0.2) is 34.9 Å². The molecule has 1 heterocycles. The average molecular weight is 217 g/mol. The molecule has 3 N–H and O–H groups in total. The Balaban J connectivity index is 2.17. The highest BCUT2D eigenvalue weighted by Gasteiger charge is 2.13. The molecule has 0 spiro atoms. The summed E-state index contributed by atoms with van der Waals surface area (Å²) in [6.45, 7) is 1.71. The standard InChI is InChI=1S/C11H11N3O2/c1-7-9(12)11(16-14-7)13-10(15)8-5-3-2-4-6-8/h2-6H,12H2,1H3,(H,13,15). The van der Waals surface area contributed by atoms with E-state index in [0.717, 1.165) is 0 Å². The molecule has 82 valence electrons. The summed E-state index contributed by atoms with van der Waals surface area (Å²) in [7, 11) is 0. The van der Waals surface area contributed by atoms with Crippen molar-refractivity contribution in [3.8, 4) is 0 Å². The molecule has 0 unspecified atom stereocenters. The van der Waals surface area contributed by atoms with Crippen molar-refractivity contribution in [3.05, 3.63) is 41.6 Å². The van der Waals surface area contributed by atoms with Gasteiger partial charge in [-0.1, -0.05) is 23.4 Å². The summed E-state index contributed by atoms with van der Waals surface area (Å²) < 4.78 is 4.88. The maximum atomic E-state index is 11.7. The highest BCUT2D eigenvalue weighted by Crippen LogP contribution is 2.21. The number of rotatable bonds is 2. The minimum atomic E-state index is -0.275. The molecule has 1 amide bonds. The summed E-state index contributed by atoms with van der Waals surface area (Å²) in [4.78, 5) is 11.7. The van der Waals surface area contributed by atoms with Gasteiger partial charge in [0.05, 0.1) is 0 Å². The van der Waals surface area contributed by atoms with Gasteiger partial charge in [0.2, 0.25) is 0 Å². The van der Waals surface area contributed by atoms with Crippen molar-refractivity contribution in [2.75, 3.05) is 11.1 Å². The van der Waals surface area contributed by atoms with Crippen molar-refractivity contribution in [2.24, 2.45) is 0 Å². The smallest absolute Gasteiger partial charge is 0.258 e. The van der Waals surface area contributed by atoms with Crippen LogP contribution in [-0.2, 0) is 0 Å². The maximum Gasteiger partial charge on any atom is 0.258 e. The molecule has 2 aromatic rings. The third-order valence-corrected chi connectivity index (χ3v) is 2.17. The molecule has 16 heavy (non-hydrogen) atoms. The first-order valence-corrected chi connectivity index (χ1v) is 4.76. The first-order chi connectivity index (χ1) is 7.68. The Kier molecular flexibility index (Phi) is 2.59. The zero-order chi connectivity index (χ0) is 11.5. The van der Waals surface area contributed by atoms with Gasteiger partial charge < -0.3 is 10.3 Å². The minimum Gasteiger partial charge on any atom is -0.393 e. The number of carbonyl (C=O) groups excluding carboxylic acids is 1. The number of aryl methyl sites for hydroxylation is 1. The molecule has 0 aliphatic heterocycles. The van der Waals surface area contributed by atoms with Crippen molar-refractivity contribution in [2.45, 2.75) is 6.92 Å². The lowest BCUT2D eigenvalue weighted by Gasteiger charge is -2.01. The van der Waals surface area contributed by atoms with E-state index in [1.165, 1.54) is 0 Å². The number of amides is 1. The molecule has 0 aliphatic rings. The van der Waals surface area contributed by atoms with Crippen molar-refractivity contribution >= 4 is 17.5 Å². The van der Waals surface area contributed by atoms with Crippen LogP contribution in [0.3, 0.4) is 0 Å². The summed E-state index contributed by atoms with van der Waals surface area (Å²) in [6, 6.07) is 8.81. The van der Waals surface area contributed by atoms with Crippen LogP contribution in [0.4, 0.5) is 11.6 Å². The van der Waals surface area contributed by atoms with Crippen LogP contribution in [0.25, 0.3) is 0 Å². The third kappa shape index (κ3) is 1.88. The van der Waals surface area contributed by atoms with E-state index in [-0.39, 0.29) is 11.8 Å². The van der Waals surface area contributed by atoms with Gasteiger partial charge in [0.25, 0.3) is 11.8 Å². The SMILES string of the molecule is Cc1noc(NC(=O)c2ccccc2)c1N. The van der Waals surface area contributed by atoms with E-state index in [0.29, 0.717) is 16.9 Å². The monoisotopic (exact) mass is 217 g/mol. The molecule has 0 saturated heterocycles. The molecular weight excluding hydrogens is 206 g/mol. The molecule has 5 heteroatoms. The van der Waals surface area contributed by atoms with Crippen molar-refractivity contribution in [1.29, 1.82) is 0 Å². The molecule has 0 saturated carbocycles. The fourth-order valence-corrected chi connectivity index (χ4v) is 1.23. The summed E-state index contributed by atoms with van der Waals surface area (Å²) in [5.41, 5.74) is 7.11. The number of aromatic nitrogens is 1. The van der Waals surface area contributed by atoms with Crippen LogP contribution >= 0.6 is 0 Å². The minimum absolute atomic E-state index is 0.186. The molecule has 0 fully saturated rings. The maximum absolute atomic E-state index is 11.7. The Labute approximate surface area is 92.2 Å². The van der Waals surface area contributed by atoms with Crippen LogP contribution in [0, 0.1) is 6.92 Å². The van der Waals surface area contributed by atoms with Crippen LogP contribution in [0.2, 0.25) is 0 Å². The summed E-state index contributed by atoms with van der Waals surface area (Å²) in [5, 5.41) is 6.20. The van der Waals surface area contributed by atoms with E-state index in [9.17, 15) is 4.79 Å². The Bertz CT molecular complexity index is 505. The van der Waals surface area contributed by atoms with Crippen LogP contribution in [0.5, 0.6) is 0 Å². The number of hydrogen-bond donors (Lipinski definition) is 2. The van der Waals surface area contributed by atoms with Crippen LogP contribution in [-0.4, -0.2) is 11.1 Å². The number of benzene rings is 1. The molecule has 1 aromatic heterocycles. The van der Waals surface area contributed by atoms with E-state index in [4.69, 9.17) is 10.3 Å². The van der Waals surface area contributed by atoms with Gasteiger partial charge in [-0.3, -0.25) is 10.1 Å². The predicted octanol–water partition coefficient (Wildman–Crippen LogP) is 1.82. The van der Waals surface area contributed by atoms with E-state index in [1.807, 2.05) is 6.07 Å². The molecule has 0 radical (unpaired) electrons. The number of nitrogen functional groups attached to an aromatic ring is 1. The summed E-state index contributed by atoms with van der Waals surface area (Å²) in [6.07, 6.45) is 0. The fraction of sp³-hybridized carbons (Fsp3) is 0.0909. The number of nitrogens with two attached hydrogens (primary N) is 1. The first-order valence-electron chi connectivity index (χ1n) is 4.76. The van der Waals surface area contributed by atoms with Gasteiger partial charge in [-0.25, -0.2) is 0 Å². The summed E-state index contributed by atoms with van der Waals surface area (Å²) in [5.74, 6) is -0.0881. The van der Waals surface area contributed by atoms with E-state index in [2.05, 4.69) is 10.5 Å². The lowest BCUT2D eigenvalue weighted by Crippen LogP contribution is -2.12. The quantitative estimate of drug-likeness (QED) is 0.803. The molecule has 0 bridgehead atoms. The molecular formula is C11H11N3O2. The zero-order valence-corrected chi connectivity index (χ0v) is 8.73. The van der Waals surface area contributed by atoms with Gasteiger partial charge in [0, 0.05) is 5.56 Å². The lowest BCUT2D eigenvalue weighted by molar-refractivity contribution is 0.102. The second-order valence-electron chi connectivity index (χ2n) is 3.33. The second-order valence-corrected chi connectivity index (χ2v) is 3.33. The van der Waals surface area contributed by atoms with Crippen LogP contribution < -0.4 is 11.1 Å². The van der Waals surface area contributed by atoms with Crippen molar-refractivity contribution < 1.29 is 9.32 Å². The highest BCUT2D eigenvalue weighted by molar-refractivity contribution is 6.04. The second kappa shape index (κ2) is 4.06. The number of nitrogens with zero attached hydrogens (tertiary/aromatic N) is 1. The van der Waals surface area contributed by atoms with E-state index in [1.54, 1.807) is 31.2 Å². The molecule has 5 nitrogen and oxygen atoms in total. The number of carbonyl (C=O) groups is 1. The largest absolute Gasteiger partial charge is 0.393 e. The highest BCUT2D eigenvalue weighted by atomic mass is 16.5. The van der Waals surface area contributed by atoms with Gasteiger partial charge in [-0.05, 0) is 19.1 Å². The molecule has 0 aliphatic carbocycles. The Morgan fingerprint density at radius 2 is 2.06 bits per heavy atom. The predicted molar refractivity (Wildman–Crippen MR) is 60.0 cm³/mol. The first kappa shape index (κ1) is 10.2. The Hall–Kier alpha value is -2.30. The fourth-order valence-electron chi connectivity index (χ4n) is 1.23. The van der Waals surface area contributed by atoms with Gasteiger partial charge in [-0.2, -0.15) is 0 Å². The lowest BCUT2D eigenvalue weighted by atomic mass is 10.2. The third-order valence-electron chi connectivity index (χ3n) is 2.17. The van der Waals surface area contributed by atoms with Crippen molar-refractivity contribution in [3.63, 3.8) is 0 Å². The van der Waals surface area contributed by atoms with Gasteiger partial charge in [0.15, 0.2) is 0 Å².